The number of nitrogens with one attached hydrogen (secondary N) is 1. The number of sulfonamides is 1. The van der Waals surface area contributed by atoms with E-state index in [9.17, 15) is 18.0 Å². The standard InChI is InChI=1S/C24H31Cl2N3O4S/c1-4-22(24(31)27-5-2)28(17-18-10-6-7-13-21(18)26)23(30)14-9-15-29(34(3,32)33)20-12-8-11-19(25)16-20/h6-8,10-13,16,22H,4-5,9,14-15,17H2,1-3H3,(H,27,31). The molecular formula is C24H31Cl2N3O4S. The second kappa shape index (κ2) is 13.0. The van der Waals surface area contributed by atoms with Crippen LogP contribution in [-0.4, -0.2) is 50.5 Å². The minimum absolute atomic E-state index is 0.0624. The van der Waals surface area contributed by atoms with Gasteiger partial charge in [0.25, 0.3) is 0 Å². The minimum Gasteiger partial charge on any atom is -0.355 e. The predicted octanol–water partition coefficient (Wildman–Crippen LogP) is 4.48. The van der Waals surface area contributed by atoms with Crippen LogP contribution in [0, 0.1) is 0 Å². The summed E-state index contributed by atoms with van der Waals surface area (Å²) in [6.45, 7) is 4.39. The molecular weight excluding hydrogens is 497 g/mol. The Hall–Kier alpha value is -2.29. The van der Waals surface area contributed by atoms with Gasteiger partial charge in [0.05, 0.1) is 11.9 Å². The fourth-order valence-corrected chi connectivity index (χ4v) is 4.99. The van der Waals surface area contributed by atoms with Crippen LogP contribution in [0.4, 0.5) is 5.69 Å². The van der Waals surface area contributed by atoms with Crippen LogP contribution in [0.2, 0.25) is 10.0 Å². The molecule has 1 atom stereocenters. The maximum absolute atomic E-state index is 13.3. The highest BCUT2D eigenvalue weighted by atomic mass is 35.5. The summed E-state index contributed by atoms with van der Waals surface area (Å²) < 4.78 is 26.0. The van der Waals surface area contributed by atoms with E-state index in [2.05, 4.69) is 5.32 Å². The summed E-state index contributed by atoms with van der Waals surface area (Å²) in [4.78, 5) is 27.5. The molecule has 0 spiro atoms. The van der Waals surface area contributed by atoms with Gasteiger partial charge in [-0.15, -0.1) is 0 Å². The summed E-state index contributed by atoms with van der Waals surface area (Å²) in [5.41, 5.74) is 1.17. The van der Waals surface area contributed by atoms with Crippen LogP contribution in [0.3, 0.4) is 0 Å². The molecule has 0 heterocycles. The highest BCUT2D eigenvalue weighted by molar-refractivity contribution is 7.92. The van der Waals surface area contributed by atoms with Gasteiger partial charge in [0.2, 0.25) is 21.8 Å². The molecule has 0 aromatic heterocycles. The third-order valence-electron chi connectivity index (χ3n) is 5.28. The fraction of sp³-hybridized carbons (Fsp3) is 0.417. The molecule has 0 bridgehead atoms. The van der Waals surface area contributed by atoms with E-state index in [-0.39, 0.29) is 37.7 Å². The molecule has 186 valence electrons. The van der Waals surface area contributed by atoms with Crippen LogP contribution < -0.4 is 9.62 Å². The molecule has 0 aliphatic carbocycles. The van der Waals surface area contributed by atoms with E-state index in [0.717, 1.165) is 11.8 Å². The lowest BCUT2D eigenvalue weighted by Gasteiger charge is -2.31. The van der Waals surface area contributed by atoms with Crippen LogP contribution in [0.5, 0.6) is 0 Å². The number of carbonyl (C=O) groups is 2. The average Bonchev–Trinajstić information content (AvgIpc) is 2.77. The van der Waals surface area contributed by atoms with E-state index in [0.29, 0.717) is 28.7 Å². The lowest BCUT2D eigenvalue weighted by atomic mass is 10.1. The number of amides is 2. The van der Waals surface area contributed by atoms with Crippen molar-refractivity contribution in [3.05, 3.63) is 64.1 Å². The summed E-state index contributed by atoms with van der Waals surface area (Å²) in [7, 11) is -3.58. The number of likely N-dealkylation sites (N-methyl/N-ethyl adjacent to an activating group) is 1. The molecule has 1 N–H and O–H groups in total. The van der Waals surface area contributed by atoms with Crippen molar-refractivity contribution in [1.29, 1.82) is 0 Å². The van der Waals surface area contributed by atoms with Gasteiger partial charge in [-0.3, -0.25) is 13.9 Å². The SMILES string of the molecule is CCNC(=O)C(CC)N(Cc1ccccc1Cl)C(=O)CCCN(c1cccc(Cl)c1)S(C)(=O)=O. The number of benzene rings is 2. The first kappa shape index (κ1) is 28.0. The fourth-order valence-electron chi connectivity index (χ4n) is 3.66. The monoisotopic (exact) mass is 527 g/mol. The van der Waals surface area contributed by atoms with Crippen molar-refractivity contribution in [3.63, 3.8) is 0 Å². The third-order valence-corrected chi connectivity index (χ3v) is 7.08. The Morgan fingerprint density at radius 1 is 1.06 bits per heavy atom. The summed E-state index contributed by atoms with van der Waals surface area (Å²) >= 11 is 12.3. The first-order valence-corrected chi connectivity index (χ1v) is 13.7. The van der Waals surface area contributed by atoms with Gasteiger partial charge in [0, 0.05) is 36.1 Å². The molecule has 0 saturated heterocycles. The first-order chi connectivity index (χ1) is 16.1. The van der Waals surface area contributed by atoms with Crippen molar-refractivity contribution in [1.82, 2.24) is 10.2 Å². The number of hydrogen-bond donors (Lipinski definition) is 1. The average molecular weight is 529 g/mol. The third kappa shape index (κ3) is 7.89. The zero-order valence-corrected chi connectivity index (χ0v) is 22.0. The number of hydrogen-bond acceptors (Lipinski definition) is 4. The topological polar surface area (TPSA) is 86.8 Å². The summed E-state index contributed by atoms with van der Waals surface area (Å²) in [6, 6.07) is 13.1. The van der Waals surface area contributed by atoms with Crippen molar-refractivity contribution in [2.75, 3.05) is 23.7 Å². The summed E-state index contributed by atoms with van der Waals surface area (Å²) in [6.07, 6.45) is 1.87. The summed E-state index contributed by atoms with van der Waals surface area (Å²) in [5, 5.41) is 3.71. The van der Waals surface area contributed by atoms with E-state index in [1.54, 1.807) is 36.4 Å². The van der Waals surface area contributed by atoms with Gasteiger partial charge in [-0.1, -0.05) is 54.4 Å². The van der Waals surface area contributed by atoms with Gasteiger partial charge in [-0.05, 0) is 49.6 Å². The molecule has 0 aliphatic rings. The Kier molecular flexibility index (Phi) is 10.7. The van der Waals surface area contributed by atoms with E-state index in [1.807, 2.05) is 26.0 Å². The quantitative estimate of drug-likeness (QED) is 0.440. The largest absolute Gasteiger partial charge is 0.355 e. The van der Waals surface area contributed by atoms with Gasteiger partial charge in [-0.25, -0.2) is 8.42 Å². The molecule has 2 rings (SSSR count). The number of halogens is 2. The Bertz CT molecular complexity index is 1100. The molecule has 7 nitrogen and oxygen atoms in total. The molecule has 0 radical (unpaired) electrons. The predicted molar refractivity (Wildman–Crippen MR) is 138 cm³/mol. The zero-order chi connectivity index (χ0) is 25.3. The number of anilines is 1. The van der Waals surface area contributed by atoms with Gasteiger partial charge in [0.1, 0.15) is 6.04 Å². The molecule has 2 aromatic rings. The maximum Gasteiger partial charge on any atom is 0.242 e. The number of carbonyl (C=O) groups excluding carboxylic acids is 2. The second-order valence-electron chi connectivity index (χ2n) is 7.85. The zero-order valence-electron chi connectivity index (χ0n) is 19.6. The van der Waals surface area contributed by atoms with Crippen molar-refractivity contribution >= 4 is 50.7 Å². The highest BCUT2D eigenvalue weighted by Crippen LogP contribution is 2.23. The lowest BCUT2D eigenvalue weighted by Crippen LogP contribution is -2.49. The van der Waals surface area contributed by atoms with Gasteiger partial charge >= 0.3 is 0 Å². The Labute approximate surface area is 212 Å². The molecule has 0 fully saturated rings. The Morgan fingerprint density at radius 3 is 2.35 bits per heavy atom. The number of nitrogens with zero attached hydrogens (tertiary/aromatic N) is 2. The molecule has 2 aromatic carbocycles. The van der Waals surface area contributed by atoms with Crippen LogP contribution in [0.25, 0.3) is 0 Å². The van der Waals surface area contributed by atoms with Crippen molar-refractivity contribution in [2.24, 2.45) is 0 Å². The second-order valence-corrected chi connectivity index (χ2v) is 10.6. The van der Waals surface area contributed by atoms with Crippen LogP contribution in [-0.2, 0) is 26.2 Å². The molecule has 10 heteroatoms. The van der Waals surface area contributed by atoms with Crippen LogP contribution in [0.15, 0.2) is 48.5 Å². The van der Waals surface area contributed by atoms with Crippen molar-refractivity contribution in [3.8, 4) is 0 Å². The van der Waals surface area contributed by atoms with Gasteiger partial charge in [0.15, 0.2) is 0 Å². The highest BCUT2D eigenvalue weighted by Gasteiger charge is 2.29. The first-order valence-electron chi connectivity index (χ1n) is 11.1. The van der Waals surface area contributed by atoms with Gasteiger partial charge in [-0.2, -0.15) is 0 Å². The molecule has 0 saturated carbocycles. The van der Waals surface area contributed by atoms with E-state index in [1.165, 1.54) is 9.21 Å². The molecule has 2 amide bonds. The normalized spacial score (nSPS) is 12.1. The van der Waals surface area contributed by atoms with E-state index >= 15 is 0 Å². The van der Waals surface area contributed by atoms with Crippen LogP contribution in [0.1, 0.15) is 38.7 Å². The van der Waals surface area contributed by atoms with Crippen LogP contribution >= 0.6 is 23.2 Å². The lowest BCUT2D eigenvalue weighted by molar-refractivity contribution is -0.141. The Balaban J connectivity index is 2.21. The Morgan fingerprint density at radius 2 is 1.76 bits per heavy atom. The molecule has 0 aliphatic heterocycles. The van der Waals surface area contributed by atoms with Crippen molar-refractivity contribution in [2.45, 2.75) is 45.7 Å². The molecule has 34 heavy (non-hydrogen) atoms. The minimum atomic E-state index is -3.58. The smallest absolute Gasteiger partial charge is 0.242 e. The van der Waals surface area contributed by atoms with E-state index < -0.39 is 16.1 Å². The van der Waals surface area contributed by atoms with Gasteiger partial charge < -0.3 is 10.2 Å². The van der Waals surface area contributed by atoms with Crippen molar-refractivity contribution < 1.29 is 18.0 Å². The number of rotatable bonds is 12. The molecule has 1 unspecified atom stereocenters. The maximum atomic E-state index is 13.3. The summed E-state index contributed by atoms with van der Waals surface area (Å²) in [5.74, 6) is -0.486. The van der Waals surface area contributed by atoms with E-state index in [4.69, 9.17) is 23.2 Å².